The molecule has 2 amide bonds. The Morgan fingerprint density at radius 1 is 1.32 bits per heavy atom. The fourth-order valence-corrected chi connectivity index (χ4v) is 1.77. The van der Waals surface area contributed by atoms with Crippen LogP contribution in [0, 0.1) is 12.8 Å². The lowest BCUT2D eigenvalue weighted by Crippen LogP contribution is -2.17. The van der Waals surface area contributed by atoms with Crippen LogP contribution in [0.3, 0.4) is 0 Å². The van der Waals surface area contributed by atoms with E-state index in [1.165, 1.54) is 0 Å². The van der Waals surface area contributed by atoms with E-state index in [-0.39, 0.29) is 24.2 Å². The number of amides is 2. The van der Waals surface area contributed by atoms with E-state index >= 15 is 0 Å². The van der Waals surface area contributed by atoms with E-state index < -0.39 is 0 Å². The lowest BCUT2D eigenvalue weighted by Gasteiger charge is -2.11. The van der Waals surface area contributed by atoms with Crippen molar-refractivity contribution in [3.8, 4) is 0 Å². The van der Waals surface area contributed by atoms with E-state index in [4.69, 9.17) is 5.73 Å². The number of hydrogen-bond acceptors (Lipinski definition) is 3. The van der Waals surface area contributed by atoms with Crippen LogP contribution in [0.15, 0.2) is 18.2 Å². The Labute approximate surface area is 112 Å². The van der Waals surface area contributed by atoms with Gasteiger partial charge in [-0.1, -0.05) is 6.07 Å². The summed E-state index contributed by atoms with van der Waals surface area (Å²) in [4.78, 5) is 23.2. The smallest absolute Gasteiger partial charge is 0.227 e. The van der Waals surface area contributed by atoms with Gasteiger partial charge in [0.2, 0.25) is 11.8 Å². The molecule has 0 heterocycles. The predicted octanol–water partition coefficient (Wildman–Crippen LogP) is 1.63. The molecule has 102 valence electrons. The quantitative estimate of drug-likeness (QED) is 0.753. The summed E-state index contributed by atoms with van der Waals surface area (Å²) in [5, 5.41) is 5.66. The molecule has 5 nitrogen and oxygen atoms in total. The maximum absolute atomic E-state index is 11.7. The van der Waals surface area contributed by atoms with Crippen molar-refractivity contribution in [1.29, 1.82) is 0 Å². The van der Waals surface area contributed by atoms with E-state index in [2.05, 4.69) is 10.6 Å². The van der Waals surface area contributed by atoms with Crippen LogP contribution in [-0.4, -0.2) is 18.4 Å². The Kier molecular flexibility index (Phi) is 4.16. The average molecular weight is 261 g/mol. The molecule has 1 aliphatic rings. The van der Waals surface area contributed by atoms with E-state index in [1.54, 1.807) is 6.07 Å². The summed E-state index contributed by atoms with van der Waals surface area (Å²) in [5.41, 5.74) is 7.73. The second-order valence-electron chi connectivity index (χ2n) is 4.88. The van der Waals surface area contributed by atoms with Gasteiger partial charge in [0.15, 0.2) is 0 Å². The van der Waals surface area contributed by atoms with Crippen LogP contribution < -0.4 is 16.4 Å². The molecule has 0 bridgehead atoms. The molecule has 0 saturated heterocycles. The first-order chi connectivity index (χ1) is 9.10. The van der Waals surface area contributed by atoms with Gasteiger partial charge in [-0.2, -0.15) is 0 Å². The summed E-state index contributed by atoms with van der Waals surface area (Å²) in [6.45, 7) is 2.25. The van der Waals surface area contributed by atoms with Gasteiger partial charge in [-0.3, -0.25) is 9.59 Å². The third-order valence-corrected chi connectivity index (χ3v) is 3.10. The maximum atomic E-state index is 11.7. The van der Waals surface area contributed by atoms with E-state index in [9.17, 15) is 9.59 Å². The number of carbonyl (C=O) groups is 2. The lowest BCUT2D eigenvalue weighted by atomic mass is 10.1. The van der Waals surface area contributed by atoms with Crippen molar-refractivity contribution < 1.29 is 9.59 Å². The number of rotatable bonds is 5. The SMILES string of the molecule is Cc1ccc(NC(=O)CCN)cc1NC(=O)C1CC1. The zero-order valence-corrected chi connectivity index (χ0v) is 11.0. The topological polar surface area (TPSA) is 84.2 Å². The number of aryl methyl sites for hydroxylation is 1. The normalized spacial score (nSPS) is 14.0. The third-order valence-electron chi connectivity index (χ3n) is 3.10. The van der Waals surface area contributed by atoms with Gasteiger partial charge in [-0.25, -0.2) is 0 Å². The predicted molar refractivity (Wildman–Crippen MR) is 74.8 cm³/mol. The molecule has 2 rings (SSSR count). The number of benzene rings is 1. The van der Waals surface area contributed by atoms with Crippen molar-refractivity contribution >= 4 is 23.2 Å². The summed E-state index contributed by atoms with van der Waals surface area (Å²) in [7, 11) is 0. The summed E-state index contributed by atoms with van der Waals surface area (Å²) < 4.78 is 0. The van der Waals surface area contributed by atoms with Crippen LogP contribution in [0.2, 0.25) is 0 Å². The summed E-state index contributed by atoms with van der Waals surface area (Å²) >= 11 is 0. The number of nitrogens with two attached hydrogens (primary N) is 1. The molecular weight excluding hydrogens is 242 g/mol. The third kappa shape index (κ3) is 3.79. The van der Waals surface area contributed by atoms with E-state index in [0.29, 0.717) is 12.2 Å². The summed E-state index contributed by atoms with van der Waals surface area (Å²) in [6.07, 6.45) is 2.23. The molecule has 0 spiro atoms. The average Bonchev–Trinajstić information content (AvgIpc) is 3.17. The maximum Gasteiger partial charge on any atom is 0.227 e. The largest absolute Gasteiger partial charge is 0.330 e. The Hall–Kier alpha value is -1.88. The van der Waals surface area contributed by atoms with Gasteiger partial charge in [0, 0.05) is 30.3 Å². The van der Waals surface area contributed by atoms with Crippen molar-refractivity contribution in [3.63, 3.8) is 0 Å². The van der Waals surface area contributed by atoms with Gasteiger partial charge in [0.1, 0.15) is 0 Å². The highest BCUT2D eigenvalue weighted by Gasteiger charge is 2.29. The fourth-order valence-electron chi connectivity index (χ4n) is 1.77. The standard InChI is InChI=1S/C14H19N3O2/c1-9-2-5-11(16-13(18)6-7-15)8-12(9)17-14(19)10-3-4-10/h2,5,8,10H,3-4,6-7,15H2,1H3,(H,16,18)(H,17,19). The van der Waals surface area contributed by atoms with Gasteiger partial charge in [-0.05, 0) is 37.5 Å². The van der Waals surface area contributed by atoms with Gasteiger partial charge in [0.05, 0.1) is 0 Å². The van der Waals surface area contributed by atoms with Crippen molar-refractivity contribution in [2.45, 2.75) is 26.2 Å². The minimum atomic E-state index is -0.120. The summed E-state index contributed by atoms with van der Waals surface area (Å²) in [6, 6.07) is 5.47. The van der Waals surface area contributed by atoms with Crippen LogP contribution in [0.5, 0.6) is 0 Å². The highest BCUT2D eigenvalue weighted by atomic mass is 16.2. The fraction of sp³-hybridized carbons (Fsp3) is 0.429. The molecule has 0 unspecified atom stereocenters. The van der Waals surface area contributed by atoms with E-state index in [0.717, 1.165) is 24.1 Å². The molecule has 1 aliphatic carbocycles. The minimum Gasteiger partial charge on any atom is -0.330 e. The second-order valence-corrected chi connectivity index (χ2v) is 4.88. The molecule has 0 radical (unpaired) electrons. The molecule has 0 aliphatic heterocycles. The molecule has 1 aromatic rings. The molecule has 5 heteroatoms. The Balaban J connectivity index is 2.05. The molecule has 19 heavy (non-hydrogen) atoms. The first-order valence-corrected chi connectivity index (χ1v) is 6.51. The molecule has 1 aromatic carbocycles. The highest BCUT2D eigenvalue weighted by molar-refractivity contribution is 5.96. The number of nitrogens with one attached hydrogen (secondary N) is 2. The van der Waals surface area contributed by atoms with E-state index in [1.807, 2.05) is 19.1 Å². The van der Waals surface area contributed by atoms with Crippen LogP contribution in [0.1, 0.15) is 24.8 Å². The Bertz CT molecular complexity index is 495. The van der Waals surface area contributed by atoms with Crippen molar-refractivity contribution in [1.82, 2.24) is 0 Å². The minimum absolute atomic E-state index is 0.0635. The van der Waals surface area contributed by atoms with Crippen molar-refractivity contribution in [2.75, 3.05) is 17.2 Å². The lowest BCUT2D eigenvalue weighted by molar-refractivity contribution is -0.117. The van der Waals surface area contributed by atoms with Gasteiger partial charge >= 0.3 is 0 Å². The first-order valence-electron chi connectivity index (χ1n) is 6.51. The number of hydrogen-bond donors (Lipinski definition) is 3. The molecule has 1 fully saturated rings. The zero-order valence-electron chi connectivity index (χ0n) is 11.0. The Morgan fingerprint density at radius 3 is 2.68 bits per heavy atom. The first kappa shape index (κ1) is 13.5. The van der Waals surface area contributed by atoms with Crippen LogP contribution in [-0.2, 0) is 9.59 Å². The Morgan fingerprint density at radius 2 is 2.05 bits per heavy atom. The summed E-state index contributed by atoms with van der Waals surface area (Å²) in [5.74, 6) is 0.106. The second kappa shape index (κ2) is 5.84. The van der Waals surface area contributed by atoms with Crippen LogP contribution in [0.25, 0.3) is 0 Å². The van der Waals surface area contributed by atoms with Gasteiger partial charge in [-0.15, -0.1) is 0 Å². The highest BCUT2D eigenvalue weighted by Crippen LogP contribution is 2.31. The van der Waals surface area contributed by atoms with Crippen LogP contribution >= 0.6 is 0 Å². The zero-order chi connectivity index (χ0) is 13.8. The van der Waals surface area contributed by atoms with Crippen molar-refractivity contribution in [3.05, 3.63) is 23.8 Å². The molecule has 4 N–H and O–H groups in total. The van der Waals surface area contributed by atoms with Gasteiger partial charge in [0.25, 0.3) is 0 Å². The molecule has 1 saturated carbocycles. The number of carbonyl (C=O) groups excluding carboxylic acids is 2. The molecule has 0 aromatic heterocycles. The molecular formula is C14H19N3O2. The van der Waals surface area contributed by atoms with Gasteiger partial charge < -0.3 is 16.4 Å². The monoisotopic (exact) mass is 261 g/mol. The van der Waals surface area contributed by atoms with Crippen LogP contribution in [0.4, 0.5) is 11.4 Å². The number of anilines is 2. The van der Waals surface area contributed by atoms with Crippen molar-refractivity contribution in [2.24, 2.45) is 11.7 Å². The molecule has 0 atom stereocenters.